The van der Waals surface area contributed by atoms with Crippen LogP contribution in [0.4, 0.5) is 0 Å². The zero-order valence-electron chi connectivity index (χ0n) is 33.2. The van der Waals surface area contributed by atoms with Gasteiger partial charge in [-0.15, -0.1) is 0 Å². The van der Waals surface area contributed by atoms with Crippen molar-refractivity contribution >= 4 is 35.3 Å². The molecule has 0 spiro atoms. The Labute approximate surface area is 325 Å². The third-order valence-corrected chi connectivity index (χ3v) is 11.7. The van der Waals surface area contributed by atoms with Gasteiger partial charge in [-0.25, -0.2) is 4.98 Å². The van der Waals surface area contributed by atoms with E-state index in [2.05, 4.69) is 31.2 Å². The predicted octanol–water partition coefficient (Wildman–Crippen LogP) is 4.35. The lowest BCUT2D eigenvalue weighted by molar-refractivity contribution is -0.146. The van der Waals surface area contributed by atoms with Crippen LogP contribution in [0.15, 0.2) is 42.9 Å². The number of nitrogens with zero attached hydrogens (tertiary/aromatic N) is 3. The van der Waals surface area contributed by atoms with Crippen LogP contribution < -0.4 is 21.3 Å². The van der Waals surface area contributed by atoms with Gasteiger partial charge in [-0.1, -0.05) is 89.6 Å². The Hall–Kier alpha value is -4.68. The van der Waals surface area contributed by atoms with Crippen molar-refractivity contribution in [1.29, 1.82) is 0 Å². The molecule has 4 N–H and O–H groups in total. The molecule has 1 aliphatic heterocycles. The highest BCUT2D eigenvalue weighted by molar-refractivity contribution is 6.38. The second-order valence-corrected chi connectivity index (χ2v) is 16.9. The van der Waals surface area contributed by atoms with Gasteiger partial charge in [0.05, 0.1) is 18.3 Å². The Morgan fingerprint density at radius 1 is 0.873 bits per heavy atom. The predicted molar refractivity (Wildman–Crippen MR) is 207 cm³/mol. The van der Waals surface area contributed by atoms with Crippen LogP contribution >= 0.6 is 0 Å². The number of fused-ring (bicyclic) bond motifs is 1. The van der Waals surface area contributed by atoms with Crippen LogP contribution in [-0.2, 0) is 24.0 Å². The fourth-order valence-electron chi connectivity index (χ4n) is 8.59. The molecule has 5 rings (SSSR count). The molecule has 1 saturated heterocycles. The summed E-state index contributed by atoms with van der Waals surface area (Å²) in [4.78, 5) is 93.0. The zero-order chi connectivity index (χ0) is 39.9. The maximum atomic E-state index is 14.7. The molecule has 3 aliphatic rings. The largest absolute Gasteiger partial charge is 0.344 e. The lowest BCUT2D eigenvalue weighted by Gasteiger charge is -2.38. The average molecular weight is 758 g/mol. The second-order valence-electron chi connectivity index (χ2n) is 16.9. The van der Waals surface area contributed by atoms with Crippen LogP contribution in [0.25, 0.3) is 0 Å². The normalized spacial score (nSPS) is 22.1. The fourth-order valence-corrected chi connectivity index (χ4v) is 8.59. The van der Waals surface area contributed by atoms with Gasteiger partial charge in [0.1, 0.15) is 23.8 Å². The van der Waals surface area contributed by atoms with Crippen molar-refractivity contribution in [2.45, 2.75) is 136 Å². The fraction of sp³-hybridized carbons (Fsp3) is 0.619. The maximum Gasteiger partial charge on any atom is 0.290 e. The number of nitrogens with one attached hydrogen (secondary N) is 4. The molecule has 298 valence electrons. The summed E-state index contributed by atoms with van der Waals surface area (Å²) in [5.41, 5.74) is 1.27. The molecule has 13 heteroatoms. The zero-order valence-corrected chi connectivity index (χ0v) is 33.2. The van der Waals surface area contributed by atoms with Crippen LogP contribution in [0.5, 0.6) is 0 Å². The summed E-state index contributed by atoms with van der Waals surface area (Å²) in [5, 5.41) is 11.6. The van der Waals surface area contributed by atoms with Crippen LogP contribution in [0.3, 0.4) is 0 Å². The molecule has 13 nitrogen and oxygen atoms in total. The Bertz CT molecular complexity index is 1690. The van der Waals surface area contributed by atoms with Crippen molar-refractivity contribution in [1.82, 2.24) is 36.1 Å². The minimum absolute atomic E-state index is 0.0927. The van der Waals surface area contributed by atoms with E-state index < -0.39 is 65.0 Å². The molecule has 55 heavy (non-hydrogen) atoms. The molecule has 1 aromatic heterocycles. The summed E-state index contributed by atoms with van der Waals surface area (Å²) in [6.45, 7) is 11.6. The standard InChI is InChI=1S/C42H59N7O6/c1-7-12-31(35(50)40(54)45-26(3)27-19-17-25(2)18-20-27)46-39(53)34-30-16-11-15-29(30)24-49(34)41(55)36(42(4,5)6)48-38(52)33(28-13-9-8-10-14-28)47-37(51)32-23-43-21-22-44-32/h17-23,26,28-31,33-34,36H,7-16,24H2,1-6H3,(H,45,54)(H,46,53)(H,47,51)(H,48,52)/t26-,29+,30?,31-,33-,34+,36-/m1/s1. The number of Topliss-reactive ketones (excluding diaryl/α,β-unsaturated/α-hetero) is 1. The molecule has 2 aliphatic carbocycles. The number of hydrogen-bond acceptors (Lipinski definition) is 8. The number of carbonyl (C=O) groups excluding carboxylic acids is 6. The molecule has 1 unspecified atom stereocenters. The van der Waals surface area contributed by atoms with E-state index in [1.54, 1.807) is 11.8 Å². The van der Waals surface area contributed by atoms with Crippen LogP contribution in [0.2, 0.25) is 0 Å². The van der Waals surface area contributed by atoms with Crippen LogP contribution in [-0.4, -0.2) is 80.9 Å². The van der Waals surface area contributed by atoms with Gasteiger partial charge in [0.15, 0.2) is 0 Å². The van der Waals surface area contributed by atoms with Crippen molar-refractivity contribution in [3.8, 4) is 0 Å². The number of rotatable bonds is 14. The smallest absolute Gasteiger partial charge is 0.290 e. The topological polar surface area (TPSA) is 180 Å². The number of hydrogen-bond donors (Lipinski definition) is 4. The number of aromatic nitrogens is 2. The summed E-state index contributed by atoms with van der Waals surface area (Å²) in [6.07, 6.45) is 12.0. The summed E-state index contributed by atoms with van der Waals surface area (Å²) in [5.74, 6) is -3.49. The minimum Gasteiger partial charge on any atom is -0.344 e. The molecule has 2 aromatic rings. The Kier molecular flexibility index (Phi) is 13.8. The first kappa shape index (κ1) is 41.5. The lowest BCUT2D eigenvalue weighted by atomic mass is 9.82. The molecular weight excluding hydrogens is 699 g/mol. The van der Waals surface area contributed by atoms with E-state index in [-0.39, 0.29) is 35.8 Å². The van der Waals surface area contributed by atoms with E-state index in [4.69, 9.17) is 0 Å². The molecule has 2 saturated carbocycles. The van der Waals surface area contributed by atoms with Gasteiger partial charge in [0, 0.05) is 18.9 Å². The van der Waals surface area contributed by atoms with Gasteiger partial charge in [-0.3, -0.25) is 33.8 Å². The number of likely N-dealkylation sites (tertiary alicyclic amines) is 1. The number of amides is 5. The monoisotopic (exact) mass is 757 g/mol. The molecular formula is C42H59N7O6. The van der Waals surface area contributed by atoms with Crippen LogP contribution in [0, 0.1) is 30.1 Å². The van der Waals surface area contributed by atoms with Gasteiger partial charge in [-0.05, 0) is 74.7 Å². The molecule has 3 fully saturated rings. The van der Waals surface area contributed by atoms with E-state index in [1.807, 2.05) is 58.9 Å². The molecule has 5 amide bonds. The summed E-state index contributed by atoms with van der Waals surface area (Å²) < 4.78 is 0. The maximum absolute atomic E-state index is 14.7. The van der Waals surface area contributed by atoms with E-state index in [0.29, 0.717) is 13.0 Å². The number of carbonyl (C=O) groups is 6. The van der Waals surface area contributed by atoms with Crippen molar-refractivity contribution < 1.29 is 28.8 Å². The minimum atomic E-state index is -1.06. The molecule has 1 aromatic carbocycles. The average Bonchev–Trinajstić information content (AvgIpc) is 3.77. The van der Waals surface area contributed by atoms with Crippen molar-refractivity contribution in [2.24, 2.45) is 23.2 Å². The van der Waals surface area contributed by atoms with Gasteiger partial charge in [-0.2, -0.15) is 0 Å². The van der Waals surface area contributed by atoms with Gasteiger partial charge in [0.2, 0.25) is 23.5 Å². The Morgan fingerprint density at radius 3 is 2.22 bits per heavy atom. The highest BCUT2D eigenvalue weighted by Gasteiger charge is 2.52. The van der Waals surface area contributed by atoms with Gasteiger partial charge < -0.3 is 26.2 Å². The number of benzene rings is 1. The quantitative estimate of drug-likeness (QED) is 0.206. The number of ketones is 1. The lowest BCUT2D eigenvalue weighted by Crippen LogP contribution is -2.62. The van der Waals surface area contributed by atoms with E-state index in [1.165, 1.54) is 18.6 Å². The van der Waals surface area contributed by atoms with Crippen molar-refractivity contribution in [3.05, 3.63) is 59.7 Å². The van der Waals surface area contributed by atoms with E-state index in [9.17, 15) is 28.8 Å². The van der Waals surface area contributed by atoms with Gasteiger partial charge >= 0.3 is 0 Å². The molecule has 2 heterocycles. The first-order chi connectivity index (χ1) is 26.2. The molecule has 0 radical (unpaired) electrons. The van der Waals surface area contributed by atoms with E-state index in [0.717, 1.165) is 62.5 Å². The number of aryl methyl sites for hydroxylation is 1. The van der Waals surface area contributed by atoms with Crippen molar-refractivity contribution in [3.63, 3.8) is 0 Å². The molecule has 7 atom stereocenters. The SMILES string of the molecule is CCC[C@@H](NC(=O)[C@@H]1C2CCC[C@H]2CN1C(=O)[C@@H](NC(=O)[C@H](NC(=O)c1cnccn1)C1CCCCC1)C(C)(C)C)C(=O)C(=O)N[C@H](C)c1ccc(C)cc1. The summed E-state index contributed by atoms with van der Waals surface area (Å²) >= 11 is 0. The highest BCUT2D eigenvalue weighted by atomic mass is 16.2. The summed E-state index contributed by atoms with van der Waals surface area (Å²) in [6, 6.07) is 3.42. The second kappa shape index (κ2) is 18.3. The Morgan fingerprint density at radius 2 is 1.58 bits per heavy atom. The molecule has 0 bridgehead atoms. The van der Waals surface area contributed by atoms with Gasteiger partial charge in [0.25, 0.3) is 11.8 Å². The van der Waals surface area contributed by atoms with Crippen LogP contribution in [0.1, 0.15) is 126 Å². The third-order valence-electron chi connectivity index (χ3n) is 11.7. The van der Waals surface area contributed by atoms with Crippen molar-refractivity contribution in [2.75, 3.05) is 6.54 Å². The highest BCUT2D eigenvalue weighted by Crippen LogP contribution is 2.43. The van der Waals surface area contributed by atoms with E-state index >= 15 is 0 Å². The Balaban J connectivity index is 1.34. The first-order valence-corrected chi connectivity index (χ1v) is 20.1. The first-order valence-electron chi connectivity index (χ1n) is 20.1. The third kappa shape index (κ3) is 10.1. The summed E-state index contributed by atoms with van der Waals surface area (Å²) in [7, 11) is 0.